The molecule has 4 heteroatoms. The van der Waals surface area contributed by atoms with Gasteiger partial charge in [-0.15, -0.1) is 0 Å². The average Bonchev–Trinajstić information content (AvgIpc) is 2.45. The summed E-state index contributed by atoms with van der Waals surface area (Å²) in [4.78, 5) is 0. The molecule has 2 N–H and O–H groups in total. The summed E-state index contributed by atoms with van der Waals surface area (Å²) in [6.45, 7) is 4.43. The van der Waals surface area contributed by atoms with E-state index in [1.807, 2.05) is 26.0 Å². The highest BCUT2D eigenvalue weighted by Gasteiger charge is 2.08. The topological polar surface area (TPSA) is 41.5 Å². The molecular formula is C17H20FNO2. The summed E-state index contributed by atoms with van der Waals surface area (Å²) < 4.78 is 18.6. The van der Waals surface area contributed by atoms with Crippen molar-refractivity contribution in [1.82, 2.24) is 0 Å². The lowest BCUT2D eigenvalue weighted by Gasteiger charge is -2.15. The van der Waals surface area contributed by atoms with Crippen LogP contribution in [0.5, 0.6) is 5.75 Å². The first kappa shape index (κ1) is 15.3. The molecule has 3 nitrogen and oxygen atoms in total. The van der Waals surface area contributed by atoms with E-state index in [9.17, 15) is 9.50 Å². The maximum absolute atomic E-state index is 13.4. The van der Waals surface area contributed by atoms with Crippen LogP contribution in [-0.2, 0) is 0 Å². The Kier molecular flexibility index (Phi) is 5.17. The third-order valence-corrected chi connectivity index (χ3v) is 3.18. The van der Waals surface area contributed by atoms with Crippen LogP contribution >= 0.6 is 0 Å². The average molecular weight is 289 g/mol. The van der Waals surface area contributed by atoms with Crippen LogP contribution in [0.3, 0.4) is 0 Å². The van der Waals surface area contributed by atoms with Crippen LogP contribution in [0.1, 0.15) is 11.1 Å². The van der Waals surface area contributed by atoms with Crippen LogP contribution < -0.4 is 10.1 Å². The van der Waals surface area contributed by atoms with Crippen molar-refractivity contribution in [2.45, 2.75) is 20.0 Å². The first-order chi connectivity index (χ1) is 10.1. The van der Waals surface area contributed by atoms with Gasteiger partial charge in [-0.05, 0) is 37.6 Å². The van der Waals surface area contributed by atoms with Gasteiger partial charge in [0.05, 0.1) is 0 Å². The fourth-order valence-corrected chi connectivity index (χ4v) is 2.05. The van der Waals surface area contributed by atoms with Gasteiger partial charge in [-0.3, -0.25) is 0 Å². The number of ether oxygens (including phenoxy) is 1. The van der Waals surface area contributed by atoms with Crippen molar-refractivity contribution >= 4 is 5.69 Å². The van der Waals surface area contributed by atoms with Crippen molar-refractivity contribution in [1.29, 1.82) is 0 Å². The van der Waals surface area contributed by atoms with Crippen molar-refractivity contribution < 1.29 is 14.2 Å². The van der Waals surface area contributed by atoms with E-state index in [0.717, 1.165) is 11.3 Å². The van der Waals surface area contributed by atoms with Crippen molar-refractivity contribution in [3.63, 3.8) is 0 Å². The molecule has 1 unspecified atom stereocenters. The number of aryl methyl sites for hydroxylation is 2. The minimum Gasteiger partial charge on any atom is -0.488 e. The second-order valence-corrected chi connectivity index (χ2v) is 5.09. The fraction of sp³-hybridized carbons (Fsp3) is 0.294. The van der Waals surface area contributed by atoms with Crippen molar-refractivity contribution in [2.75, 3.05) is 18.5 Å². The van der Waals surface area contributed by atoms with Crippen molar-refractivity contribution in [3.05, 3.63) is 59.4 Å². The molecule has 1 atom stereocenters. The summed E-state index contributed by atoms with van der Waals surface area (Å²) in [5, 5.41) is 13.1. The van der Waals surface area contributed by atoms with E-state index in [4.69, 9.17) is 4.74 Å². The molecule has 0 bridgehead atoms. The number of halogens is 1. The zero-order valence-corrected chi connectivity index (χ0v) is 12.3. The van der Waals surface area contributed by atoms with E-state index in [0.29, 0.717) is 6.54 Å². The van der Waals surface area contributed by atoms with Gasteiger partial charge in [0.2, 0.25) is 0 Å². The smallest absolute Gasteiger partial charge is 0.165 e. The number of anilines is 1. The lowest BCUT2D eigenvalue weighted by atomic mass is 10.1. The molecule has 2 aromatic carbocycles. The molecule has 0 heterocycles. The van der Waals surface area contributed by atoms with Gasteiger partial charge in [0, 0.05) is 12.2 Å². The first-order valence-electron chi connectivity index (χ1n) is 6.93. The van der Waals surface area contributed by atoms with E-state index in [2.05, 4.69) is 11.4 Å². The van der Waals surface area contributed by atoms with Gasteiger partial charge in [0.1, 0.15) is 12.7 Å². The van der Waals surface area contributed by atoms with Gasteiger partial charge in [0.25, 0.3) is 0 Å². The van der Waals surface area contributed by atoms with Crippen LogP contribution in [0, 0.1) is 19.7 Å². The lowest BCUT2D eigenvalue weighted by molar-refractivity contribution is 0.115. The molecule has 2 rings (SSSR count). The molecule has 0 fully saturated rings. The summed E-state index contributed by atoms with van der Waals surface area (Å²) >= 11 is 0. The van der Waals surface area contributed by atoms with Gasteiger partial charge in [-0.2, -0.15) is 0 Å². The standard InChI is InChI=1S/C17H20FNO2/c1-12-7-8-16(13(2)9-12)19-10-14(20)11-21-17-6-4-3-5-15(17)18/h3-9,14,19-20H,10-11H2,1-2H3. The molecule has 0 aliphatic heterocycles. The number of benzene rings is 2. The van der Waals surface area contributed by atoms with Gasteiger partial charge in [0.15, 0.2) is 11.6 Å². The quantitative estimate of drug-likeness (QED) is 0.857. The SMILES string of the molecule is Cc1ccc(NCC(O)COc2ccccc2F)c(C)c1. The monoisotopic (exact) mass is 289 g/mol. The molecule has 21 heavy (non-hydrogen) atoms. The maximum atomic E-state index is 13.4. The van der Waals surface area contributed by atoms with Crippen molar-refractivity contribution in [3.8, 4) is 5.75 Å². The Morgan fingerprint density at radius 2 is 1.95 bits per heavy atom. The minimum atomic E-state index is -0.717. The number of aliphatic hydroxyl groups is 1. The van der Waals surface area contributed by atoms with Gasteiger partial charge >= 0.3 is 0 Å². The third-order valence-electron chi connectivity index (χ3n) is 3.18. The normalized spacial score (nSPS) is 12.0. The Balaban J connectivity index is 1.82. The van der Waals surface area contributed by atoms with E-state index in [1.165, 1.54) is 11.6 Å². The number of nitrogens with one attached hydrogen (secondary N) is 1. The summed E-state index contributed by atoms with van der Waals surface area (Å²) in [7, 11) is 0. The van der Waals surface area contributed by atoms with E-state index in [-0.39, 0.29) is 12.4 Å². The Morgan fingerprint density at radius 3 is 2.67 bits per heavy atom. The van der Waals surface area contributed by atoms with E-state index in [1.54, 1.807) is 18.2 Å². The summed E-state index contributed by atoms with van der Waals surface area (Å²) in [5.74, 6) is -0.268. The number of aliphatic hydroxyl groups excluding tert-OH is 1. The Morgan fingerprint density at radius 1 is 1.19 bits per heavy atom. The molecule has 0 radical (unpaired) electrons. The highest BCUT2D eigenvalue weighted by atomic mass is 19.1. The molecule has 0 saturated heterocycles. The fourth-order valence-electron chi connectivity index (χ4n) is 2.05. The largest absolute Gasteiger partial charge is 0.488 e. The number of para-hydroxylation sites is 1. The zero-order chi connectivity index (χ0) is 15.2. The molecular weight excluding hydrogens is 269 g/mol. The maximum Gasteiger partial charge on any atom is 0.165 e. The van der Waals surface area contributed by atoms with Gasteiger partial charge in [-0.25, -0.2) is 4.39 Å². The first-order valence-corrected chi connectivity index (χ1v) is 6.93. The molecule has 0 saturated carbocycles. The lowest BCUT2D eigenvalue weighted by Crippen LogP contribution is -2.26. The van der Waals surface area contributed by atoms with Gasteiger partial charge < -0.3 is 15.2 Å². The van der Waals surface area contributed by atoms with Crippen molar-refractivity contribution in [2.24, 2.45) is 0 Å². The molecule has 0 aliphatic carbocycles. The predicted molar refractivity (Wildman–Crippen MR) is 82.3 cm³/mol. The highest BCUT2D eigenvalue weighted by molar-refractivity contribution is 5.51. The molecule has 0 spiro atoms. The highest BCUT2D eigenvalue weighted by Crippen LogP contribution is 2.17. The molecule has 0 aromatic heterocycles. The third kappa shape index (κ3) is 4.46. The molecule has 0 amide bonds. The van der Waals surface area contributed by atoms with Crippen LogP contribution in [0.4, 0.5) is 10.1 Å². The van der Waals surface area contributed by atoms with Gasteiger partial charge in [-0.1, -0.05) is 29.8 Å². The number of hydrogen-bond acceptors (Lipinski definition) is 3. The number of hydrogen-bond donors (Lipinski definition) is 2. The predicted octanol–water partition coefficient (Wildman–Crippen LogP) is 3.29. The Hall–Kier alpha value is -2.07. The summed E-state index contributed by atoms with van der Waals surface area (Å²) in [6, 6.07) is 12.2. The minimum absolute atomic E-state index is 0.0405. The molecule has 0 aliphatic rings. The molecule has 112 valence electrons. The second kappa shape index (κ2) is 7.09. The van der Waals surface area contributed by atoms with Crippen LogP contribution in [0.25, 0.3) is 0 Å². The number of rotatable bonds is 6. The summed E-state index contributed by atoms with van der Waals surface area (Å²) in [6.07, 6.45) is -0.717. The second-order valence-electron chi connectivity index (χ2n) is 5.09. The summed E-state index contributed by atoms with van der Waals surface area (Å²) in [5.41, 5.74) is 3.30. The Labute approximate surface area is 124 Å². The van der Waals surface area contributed by atoms with Crippen LogP contribution in [0.15, 0.2) is 42.5 Å². The zero-order valence-electron chi connectivity index (χ0n) is 12.3. The van der Waals surface area contributed by atoms with Crippen LogP contribution in [-0.4, -0.2) is 24.4 Å². The van der Waals surface area contributed by atoms with E-state index >= 15 is 0 Å². The van der Waals surface area contributed by atoms with E-state index < -0.39 is 11.9 Å². The molecule has 2 aromatic rings. The van der Waals surface area contributed by atoms with Crippen LogP contribution in [0.2, 0.25) is 0 Å². The Bertz CT molecular complexity index is 601.